The summed E-state index contributed by atoms with van der Waals surface area (Å²) in [5, 5.41) is 21.4. The largest absolute Gasteiger partial charge is 0.356 e. The van der Waals surface area contributed by atoms with E-state index in [1.165, 1.54) is 17.5 Å². The van der Waals surface area contributed by atoms with Crippen molar-refractivity contribution in [2.45, 2.75) is 46.1 Å². The van der Waals surface area contributed by atoms with Crippen molar-refractivity contribution < 1.29 is 9.72 Å². The summed E-state index contributed by atoms with van der Waals surface area (Å²) in [6, 6.07) is 0. The van der Waals surface area contributed by atoms with Gasteiger partial charge in [-0.1, -0.05) is 0 Å². The Bertz CT molecular complexity index is 570. The van der Waals surface area contributed by atoms with Crippen LogP contribution in [0.3, 0.4) is 0 Å². The molecular weight excluding hydrogens is 334 g/mol. The second kappa shape index (κ2) is 9.58. The number of aryl methyl sites for hydroxylation is 2. The Morgan fingerprint density at radius 2 is 2.25 bits per heavy atom. The van der Waals surface area contributed by atoms with Crippen LogP contribution in [0.15, 0.2) is 0 Å². The predicted molar refractivity (Wildman–Crippen MR) is 93.4 cm³/mol. The molecule has 9 heteroatoms. The van der Waals surface area contributed by atoms with Gasteiger partial charge >= 0.3 is 5.69 Å². The van der Waals surface area contributed by atoms with Gasteiger partial charge in [0, 0.05) is 13.0 Å². The van der Waals surface area contributed by atoms with Crippen molar-refractivity contribution in [1.82, 2.24) is 20.4 Å². The maximum absolute atomic E-state index is 11.9. The molecule has 2 rings (SSSR count). The molecule has 0 spiro atoms. The van der Waals surface area contributed by atoms with Crippen molar-refractivity contribution in [3.05, 3.63) is 21.5 Å². The average Bonchev–Trinajstić information content (AvgIpc) is 2.80. The SMILES string of the molecule is Cc1nn(CCC(=O)NCCC2CCCNC2)c(C)c1[N+](=O)[O-].Cl. The maximum atomic E-state index is 11.9. The lowest BCUT2D eigenvalue weighted by Gasteiger charge is -2.22. The monoisotopic (exact) mass is 359 g/mol. The van der Waals surface area contributed by atoms with Crippen LogP contribution in [0.25, 0.3) is 0 Å². The molecule has 1 fully saturated rings. The number of hydrogen-bond donors (Lipinski definition) is 2. The quantitative estimate of drug-likeness (QED) is 0.570. The highest BCUT2D eigenvalue weighted by atomic mass is 35.5. The molecule has 0 bridgehead atoms. The molecule has 0 radical (unpaired) electrons. The predicted octanol–water partition coefficient (Wildman–Crippen LogP) is 1.73. The van der Waals surface area contributed by atoms with Crippen molar-refractivity contribution >= 4 is 24.0 Å². The van der Waals surface area contributed by atoms with Crippen molar-refractivity contribution in [2.24, 2.45) is 5.92 Å². The summed E-state index contributed by atoms with van der Waals surface area (Å²) in [6.07, 6.45) is 3.69. The minimum absolute atomic E-state index is 0. The minimum atomic E-state index is -0.424. The molecule has 1 aliphatic heterocycles. The van der Waals surface area contributed by atoms with Gasteiger partial charge in [0.1, 0.15) is 11.4 Å². The van der Waals surface area contributed by atoms with Crippen LogP contribution in [0.1, 0.15) is 37.1 Å². The number of nitrogens with one attached hydrogen (secondary N) is 2. The van der Waals surface area contributed by atoms with Crippen molar-refractivity contribution in [3.63, 3.8) is 0 Å². The van der Waals surface area contributed by atoms with Crippen LogP contribution in [0, 0.1) is 29.9 Å². The number of carbonyl (C=O) groups excluding carboxylic acids is 1. The fourth-order valence-electron chi connectivity index (χ4n) is 3.05. The first kappa shape index (κ1) is 20.4. The molecule has 0 aromatic carbocycles. The Hall–Kier alpha value is -1.67. The molecule has 1 aromatic rings. The van der Waals surface area contributed by atoms with Crippen molar-refractivity contribution in [3.8, 4) is 0 Å². The fourth-order valence-corrected chi connectivity index (χ4v) is 3.05. The van der Waals surface area contributed by atoms with E-state index in [1.807, 2.05) is 0 Å². The van der Waals surface area contributed by atoms with E-state index in [1.54, 1.807) is 13.8 Å². The Balaban J connectivity index is 0.00000288. The van der Waals surface area contributed by atoms with Gasteiger partial charge in [-0.3, -0.25) is 19.6 Å². The standard InChI is InChI=1S/C15H25N5O3.ClH/c1-11-15(20(22)23)12(2)19(18-11)9-6-14(21)17-8-5-13-4-3-7-16-10-13;/h13,16H,3-10H2,1-2H3,(H,17,21);1H. The maximum Gasteiger partial charge on any atom is 0.312 e. The molecule has 24 heavy (non-hydrogen) atoms. The molecule has 1 saturated heterocycles. The molecule has 136 valence electrons. The zero-order valence-electron chi connectivity index (χ0n) is 14.2. The molecule has 1 unspecified atom stereocenters. The van der Waals surface area contributed by atoms with Crippen LogP contribution < -0.4 is 10.6 Å². The third-order valence-corrected chi connectivity index (χ3v) is 4.35. The summed E-state index contributed by atoms with van der Waals surface area (Å²) in [5.74, 6) is 0.603. The summed E-state index contributed by atoms with van der Waals surface area (Å²) in [5.41, 5.74) is 0.918. The number of carbonyl (C=O) groups is 1. The summed E-state index contributed by atoms with van der Waals surface area (Å²) in [6.45, 7) is 6.44. The smallest absolute Gasteiger partial charge is 0.312 e. The lowest BCUT2D eigenvalue weighted by atomic mass is 9.96. The Morgan fingerprint density at radius 3 is 2.83 bits per heavy atom. The van der Waals surface area contributed by atoms with E-state index < -0.39 is 4.92 Å². The molecular formula is C15H26ClN5O3. The molecule has 1 aliphatic rings. The summed E-state index contributed by atoms with van der Waals surface area (Å²) in [7, 11) is 0. The molecule has 1 aromatic heterocycles. The number of rotatable bonds is 7. The van der Waals surface area contributed by atoms with Crippen LogP contribution in [0.4, 0.5) is 5.69 Å². The molecule has 0 aliphatic carbocycles. The van der Waals surface area contributed by atoms with Gasteiger partial charge in [0.05, 0.1) is 11.5 Å². The highest BCUT2D eigenvalue weighted by Crippen LogP contribution is 2.21. The molecule has 8 nitrogen and oxygen atoms in total. The van der Waals surface area contributed by atoms with Crippen LogP contribution in [-0.2, 0) is 11.3 Å². The van der Waals surface area contributed by atoms with E-state index >= 15 is 0 Å². The van der Waals surface area contributed by atoms with E-state index in [9.17, 15) is 14.9 Å². The highest BCUT2D eigenvalue weighted by Gasteiger charge is 2.21. The first-order chi connectivity index (χ1) is 11.0. The Morgan fingerprint density at radius 1 is 1.50 bits per heavy atom. The Kier molecular flexibility index (Phi) is 8.14. The van der Waals surface area contributed by atoms with E-state index in [4.69, 9.17) is 0 Å². The molecule has 1 amide bonds. The summed E-state index contributed by atoms with van der Waals surface area (Å²) in [4.78, 5) is 22.4. The number of piperidine rings is 1. The van der Waals surface area contributed by atoms with Crippen LogP contribution in [-0.4, -0.2) is 40.2 Å². The van der Waals surface area contributed by atoms with Crippen molar-refractivity contribution in [2.75, 3.05) is 19.6 Å². The first-order valence-electron chi connectivity index (χ1n) is 8.15. The number of nitro groups is 1. The highest BCUT2D eigenvalue weighted by molar-refractivity contribution is 5.85. The van der Waals surface area contributed by atoms with Gasteiger partial charge in [0.2, 0.25) is 5.91 Å². The normalized spacial score (nSPS) is 17.2. The number of hydrogen-bond acceptors (Lipinski definition) is 5. The molecule has 2 heterocycles. The van der Waals surface area contributed by atoms with Crippen LogP contribution in [0.2, 0.25) is 0 Å². The third kappa shape index (κ3) is 5.45. The number of aromatic nitrogens is 2. The second-order valence-corrected chi connectivity index (χ2v) is 6.10. The van der Waals surface area contributed by atoms with Gasteiger partial charge in [0.15, 0.2) is 0 Å². The summed E-state index contributed by atoms with van der Waals surface area (Å²) < 4.78 is 1.54. The van der Waals surface area contributed by atoms with E-state index in [-0.39, 0.29) is 30.4 Å². The average molecular weight is 360 g/mol. The van der Waals surface area contributed by atoms with E-state index in [0.717, 1.165) is 19.5 Å². The zero-order valence-corrected chi connectivity index (χ0v) is 15.0. The number of amides is 1. The van der Waals surface area contributed by atoms with Gasteiger partial charge in [-0.15, -0.1) is 12.4 Å². The second-order valence-electron chi connectivity index (χ2n) is 6.10. The lowest BCUT2D eigenvalue weighted by Crippen LogP contribution is -2.33. The fraction of sp³-hybridized carbons (Fsp3) is 0.733. The Labute approximate surface area is 147 Å². The number of nitrogens with zero attached hydrogens (tertiary/aromatic N) is 3. The number of halogens is 1. The van der Waals surface area contributed by atoms with Gasteiger partial charge in [-0.05, 0) is 52.1 Å². The zero-order chi connectivity index (χ0) is 16.8. The van der Waals surface area contributed by atoms with Crippen LogP contribution in [0.5, 0.6) is 0 Å². The molecule has 2 N–H and O–H groups in total. The third-order valence-electron chi connectivity index (χ3n) is 4.35. The topological polar surface area (TPSA) is 102 Å². The van der Waals surface area contributed by atoms with E-state index in [0.29, 0.717) is 30.4 Å². The van der Waals surface area contributed by atoms with Crippen LogP contribution >= 0.6 is 12.4 Å². The van der Waals surface area contributed by atoms with Gasteiger partial charge < -0.3 is 10.6 Å². The molecule has 0 saturated carbocycles. The van der Waals surface area contributed by atoms with Gasteiger partial charge in [0.25, 0.3) is 0 Å². The van der Waals surface area contributed by atoms with Crippen molar-refractivity contribution in [1.29, 1.82) is 0 Å². The molecule has 1 atom stereocenters. The van der Waals surface area contributed by atoms with Gasteiger partial charge in [-0.2, -0.15) is 5.10 Å². The van der Waals surface area contributed by atoms with Gasteiger partial charge in [-0.25, -0.2) is 0 Å². The minimum Gasteiger partial charge on any atom is -0.356 e. The summed E-state index contributed by atoms with van der Waals surface area (Å²) >= 11 is 0. The lowest BCUT2D eigenvalue weighted by molar-refractivity contribution is -0.386. The van der Waals surface area contributed by atoms with E-state index in [2.05, 4.69) is 15.7 Å². The first-order valence-corrected chi connectivity index (χ1v) is 8.15.